The van der Waals surface area contributed by atoms with Crippen LogP contribution in [0.4, 0.5) is 5.69 Å². The summed E-state index contributed by atoms with van der Waals surface area (Å²) in [7, 11) is -2.32. The van der Waals surface area contributed by atoms with Crippen LogP contribution >= 0.6 is 0 Å². The average molecular weight is 649 g/mol. The number of benzene rings is 2. The molecule has 1 saturated carbocycles. The SMILES string of the molecule is CC[C@H](NC[C@H](Cc1ccccn1)NC(=O)c1cc(C(=O)N[C@H](C)c2ccccc2)cc(N(C)S(C)(=O)=O)c1)C(=O)NCC1CC1. The molecule has 246 valence electrons. The van der Waals surface area contributed by atoms with E-state index < -0.39 is 33.9 Å². The first-order valence-electron chi connectivity index (χ1n) is 15.6. The van der Waals surface area contributed by atoms with Crippen LogP contribution in [0.1, 0.15) is 71.1 Å². The first kappa shape index (κ1) is 34.6. The predicted molar refractivity (Wildman–Crippen MR) is 179 cm³/mol. The smallest absolute Gasteiger partial charge is 0.251 e. The molecule has 0 bridgehead atoms. The molecule has 0 saturated heterocycles. The van der Waals surface area contributed by atoms with Crippen LogP contribution in [0.5, 0.6) is 0 Å². The minimum absolute atomic E-state index is 0.0748. The van der Waals surface area contributed by atoms with E-state index in [4.69, 9.17) is 0 Å². The van der Waals surface area contributed by atoms with Crippen molar-refractivity contribution >= 4 is 33.4 Å². The summed E-state index contributed by atoms with van der Waals surface area (Å²) in [6.45, 7) is 4.72. The van der Waals surface area contributed by atoms with Crippen LogP contribution < -0.4 is 25.6 Å². The fraction of sp³-hybridized carbons (Fsp3) is 0.412. The van der Waals surface area contributed by atoms with Gasteiger partial charge >= 0.3 is 0 Å². The zero-order valence-electron chi connectivity index (χ0n) is 26.8. The number of amides is 3. The molecule has 0 aliphatic heterocycles. The summed E-state index contributed by atoms with van der Waals surface area (Å²) >= 11 is 0. The zero-order chi connectivity index (χ0) is 33.3. The van der Waals surface area contributed by atoms with Crippen molar-refractivity contribution in [2.24, 2.45) is 5.92 Å². The van der Waals surface area contributed by atoms with Crippen molar-refractivity contribution < 1.29 is 22.8 Å². The molecule has 1 heterocycles. The maximum absolute atomic E-state index is 13.8. The first-order chi connectivity index (χ1) is 21.9. The lowest BCUT2D eigenvalue weighted by Crippen LogP contribution is -2.50. The van der Waals surface area contributed by atoms with E-state index in [1.807, 2.05) is 62.4 Å². The van der Waals surface area contributed by atoms with Crippen molar-refractivity contribution in [1.82, 2.24) is 26.3 Å². The van der Waals surface area contributed by atoms with Crippen molar-refractivity contribution in [2.45, 2.75) is 57.7 Å². The van der Waals surface area contributed by atoms with Crippen molar-refractivity contribution in [3.63, 3.8) is 0 Å². The highest BCUT2D eigenvalue weighted by molar-refractivity contribution is 7.92. The Morgan fingerprint density at radius 1 is 0.957 bits per heavy atom. The summed E-state index contributed by atoms with van der Waals surface area (Å²) in [6.07, 6.45) is 5.95. The topological polar surface area (TPSA) is 150 Å². The summed E-state index contributed by atoms with van der Waals surface area (Å²) in [5.41, 5.74) is 2.07. The van der Waals surface area contributed by atoms with Crippen molar-refractivity contribution in [3.05, 3.63) is 95.3 Å². The van der Waals surface area contributed by atoms with E-state index >= 15 is 0 Å². The predicted octanol–water partition coefficient (Wildman–Crippen LogP) is 3.20. The number of aromatic nitrogens is 1. The number of hydrogen-bond donors (Lipinski definition) is 4. The maximum atomic E-state index is 13.8. The molecule has 0 spiro atoms. The molecule has 3 atom stereocenters. The molecule has 11 nitrogen and oxygen atoms in total. The number of hydrogen-bond acceptors (Lipinski definition) is 7. The molecule has 4 rings (SSSR count). The molecule has 46 heavy (non-hydrogen) atoms. The average Bonchev–Trinajstić information content (AvgIpc) is 3.88. The lowest BCUT2D eigenvalue weighted by molar-refractivity contribution is -0.123. The Kier molecular flexibility index (Phi) is 11.9. The summed E-state index contributed by atoms with van der Waals surface area (Å²) in [4.78, 5) is 44.4. The number of nitrogens with one attached hydrogen (secondary N) is 4. The molecular formula is C34H44N6O5S. The Morgan fingerprint density at radius 2 is 1.61 bits per heavy atom. The number of nitrogens with zero attached hydrogens (tertiary/aromatic N) is 2. The van der Waals surface area contributed by atoms with E-state index in [1.165, 1.54) is 25.2 Å². The molecule has 3 aromatic rings. The third-order valence-corrected chi connectivity index (χ3v) is 9.27. The van der Waals surface area contributed by atoms with Crippen LogP contribution in [-0.4, -0.2) is 69.6 Å². The lowest BCUT2D eigenvalue weighted by atomic mass is 10.0. The fourth-order valence-electron chi connectivity index (χ4n) is 4.96. The van der Waals surface area contributed by atoms with Gasteiger partial charge in [-0.05, 0) is 68.0 Å². The van der Waals surface area contributed by atoms with Gasteiger partial charge in [0.15, 0.2) is 0 Å². The van der Waals surface area contributed by atoms with Gasteiger partial charge in [-0.1, -0.05) is 43.3 Å². The lowest BCUT2D eigenvalue weighted by Gasteiger charge is -2.24. The van der Waals surface area contributed by atoms with E-state index in [1.54, 1.807) is 6.20 Å². The second-order valence-corrected chi connectivity index (χ2v) is 13.9. The largest absolute Gasteiger partial charge is 0.354 e. The summed E-state index contributed by atoms with van der Waals surface area (Å²) in [5, 5.41) is 12.3. The van der Waals surface area contributed by atoms with Gasteiger partial charge in [-0.15, -0.1) is 0 Å². The normalized spacial score (nSPS) is 14.9. The Labute approximate surface area is 271 Å². The van der Waals surface area contributed by atoms with E-state index in [0.29, 0.717) is 25.3 Å². The molecule has 1 aliphatic carbocycles. The van der Waals surface area contributed by atoms with Gasteiger partial charge < -0.3 is 21.3 Å². The molecular weight excluding hydrogens is 604 g/mol. The number of anilines is 1. The molecule has 0 radical (unpaired) electrons. The van der Waals surface area contributed by atoms with Gasteiger partial charge in [0, 0.05) is 55.6 Å². The van der Waals surface area contributed by atoms with E-state index in [0.717, 1.165) is 34.7 Å². The van der Waals surface area contributed by atoms with Crippen LogP contribution in [0.2, 0.25) is 0 Å². The number of rotatable bonds is 16. The molecule has 4 N–H and O–H groups in total. The van der Waals surface area contributed by atoms with Gasteiger partial charge in [-0.2, -0.15) is 0 Å². The number of carbonyl (C=O) groups is 3. The summed E-state index contributed by atoms with van der Waals surface area (Å²) < 4.78 is 25.9. The number of pyridine rings is 1. The summed E-state index contributed by atoms with van der Waals surface area (Å²) in [6, 6.07) is 18.1. The number of sulfonamides is 1. The minimum Gasteiger partial charge on any atom is -0.354 e. The van der Waals surface area contributed by atoms with Gasteiger partial charge in [-0.3, -0.25) is 23.7 Å². The van der Waals surface area contributed by atoms with Crippen LogP contribution in [0, 0.1) is 5.92 Å². The standard InChI is InChI=1S/C34H44N6O5S/c1-5-31(34(43)37-21-24-14-15-24)36-22-29(20-28-13-9-10-16-35-28)39-33(42)27-17-26(18-30(19-27)40(3)46(4,44)45)32(41)38-23(2)25-11-7-6-8-12-25/h6-13,16-19,23-24,29,31,36H,5,14-15,20-22H2,1-4H3,(H,37,43)(H,38,41)(H,39,42)/t23-,29+,31+/m1/s1. The third kappa shape index (κ3) is 10.1. The molecule has 1 aliphatic rings. The second kappa shape index (κ2) is 15.8. The van der Waals surface area contributed by atoms with Crippen LogP contribution in [-0.2, 0) is 21.2 Å². The highest BCUT2D eigenvalue weighted by Crippen LogP contribution is 2.27. The Bertz CT molecular complexity index is 1600. The monoisotopic (exact) mass is 648 g/mol. The fourth-order valence-corrected chi connectivity index (χ4v) is 5.45. The van der Waals surface area contributed by atoms with Crippen molar-refractivity contribution in [3.8, 4) is 0 Å². The Hall–Kier alpha value is -4.29. The van der Waals surface area contributed by atoms with Gasteiger partial charge in [-0.25, -0.2) is 8.42 Å². The van der Waals surface area contributed by atoms with Crippen LogP contribution in [0.25, 0.3) is 0 Å². The maximum Gasteiger partial charge on any atom is 0.251 e. The van der Waals surface area contributed by atoms with Crippen molar-refractivity contribution in [1.29, 1.82) is 0 Å². The zero-order valence-corrected chi connectivity index (χ0v) is 27.6. The van der Waals surface area contributed by atoms with Gasteiger partial charge in [0.05, 0.1) is 24.0 Å². The quantitative estimate of drug-likeness (QED) is 0.186. The highest BCUT2D eigenvalue weighted by atomic mass is 32.2. The van der Waals surface area contributed by atoms with Crippen LogP contribution in [0.3, 0.4) is 0 Å². The van der Waals surface area contributed by atoms with E-state index in [-0.39, 0.29) is 35.3 Å². The van der Waals surface area contributed by atoms with Crippen LogP contribution in [0.15, 0.2) is 72.9 Å². The molecule has 0 unspecified atom stereocenters. The molecule has 1 aromatic heterocycles. The second-order valence-electron chi connectivity index (χ2n) is 11.9. The van der Waals surface area contributed by atoms with E-state index in [2.05, 4.69) is 26.3 Å². The third-order valence-electron chi connectivity index (χ3n) is 8.06. The van der Waals surface area contributed by atoms with Gasteiger partial charge in [0.1, 0.15) is 0 Å². The molecule has 12 heteroatoms. The molecule has 3 amide bonds. The Morgan fingerprint density at radius 3 is 2.20 bits per heavy atom. The first-order valence-corrected chi connectivity index (χ1v) is 17.5. The molecule has 1 fully saturated rings. The van der Waals surface area contributed by atoms with Gasteiger partial charge in [0.2, 0.25) is 15.9 Å². The number of carbonyl (C=O) groups excluding carboxylic acids is 3. The Balaban J connectivity index is 1.56. The van der Waals surface area contributed by atoms with Crippen molar-refractivity contribution in [2.75, 3.05) is 30.7 Å². The van der Waals surface area contributed by atoms with E-state index in [9.17, 15) is 22.8 Å². The minimum atomic E-state index is -3.69. The highest BCUT2D eigenvalue weighted by Gasteiger charge is 2.25. The van der Waals surface area contributed by atoms with Gasteiger partial charge in [0.25, 0.3) is 11.8 Å². The summed E-state index contributed by atoms with van der Waals surface area (Å²) in [5.74, 6) is -0.468. The molecule has 2 aromatic carbocycles.